The van der Waals surface area contributed by atoms with Crippen LogP contribution in [0, 0.1) is 5.82 Å². The molecule has 1 fully saturated rings. The highest BCUT2D eigenvalue weighted by atomic mass is 32.2. The Hall–Kier alpha value is -3.41. The lowest BCUT2D eigenvalue weighted by molar-refractivity contribution is -0.137. The highest BCUT2D eigenvalue weighted by molar-refractivity contribution is 7.91. The van der Waals surface area contributed by atoms with Gasteiger partial charge in [-0.15, -0.1) is 0 Å². The molecule has 0 aliphatic heterocycles. The molecule has 1 amide bonds. The van der Waals surface area contributed by atoms with Crippen LogP contribution in [0.1, 0.15) is 59.7 Å². The Balaban J connectivity index is 1.51. The molecule has 0 radical (unpaired) electrons. The molecular formula is C24H22F4N4O3S. The number of carbonyl (C=O) groups excluding carboxylic acids is 1. The van der Waals surface area contributed by atoms with E-state index in [1.54, 1.807) is 13.0 Å². The number of rotatable bonds is 8. The van der Waals surface area contributed by atoms with Crippen molar-refractivity contribution in [3.8, 4) is 11.1 Å². The number of hydrogen-bond donors (Lipinski definition) is 1. The highest BCUT2D eigenvalue weighted by Gasteiger charge is 2.36. The van der Waals surface area contributed by atoms with Crippen molar-refractivity contribution in [1.82, 2.24) is 20.3 Å². The maximum absolute atomic E-state index is 14.8. The summed E-state index contributed by atoms with van der Waals surface area (Å²) in [5.74, 6) is -1.84. The number of pyridine rings is 1. The number of halogens is 4. The molecule has 36 heavy (non-hydrogen) atoms. The van der Waals surface area contributed by atoms with E-state index in [2.05, 4.69) is 20.3 Å². The van der Waals surface area contributed by atoms with Gasteiger partial charge in [-0.25, -0.2) is 22.8 Å². The fourth-order valence-corrected chi connectivity index (χ4v) is 5.25. The van der Waals surface area contributed by atoms with E-state index < -0.39 is 39.3 Å². The Morgan fingerprint density at radius 3 is 2.53 bits per heavy atom. The topological polar surface area (TPSA) is 102 Å². The first-order valence-electron chi connectivity index (χ1n) is 11.1. The lowest BCUT2D eigenvalue weighted by Gasteiger charge is -2.17. The van der Waals surface area contributed by atoms with Gasteiger partial charge >= 0.3 is 6.18 Å². The van der Waals surface area contributed by atoms with Crippen LogP contribution >= 0.6 is 0 Å². The van der Waals surface area contributed by atoms with Crippen LogP contribution in [-0.2, 0) is 21.8 Å². The van der Waals surface area contributed by atoms with E-state index in [1.807, 2.05) is 0 Å². The van der Waals surface area contributed by atoms with Crippen LogP contribution in [0.15, 0.2) is 48.9 Å². The van der Waals surface area contributed by atoms with Gasteiger partial charge in [-0.2, -0.15) is 13.2 Å². The minimum Gasteiger partial charge on any atom is -0.344 e. The van der Waals surface area contributed by atoms with Crippen molar-refractivity contribution < 1.29 is 30.8 Å². The first-order valence-corrected chi connectivity index (χ1v) is 12.9. The van der Waals surface area contributed by atoms with Crippen LogP contribution in [0.25, 0.3) is 11.1 Å². The predicted octanol–water partition coefficient (Wildman–Crippen LogP) is 4.65. The molecule has 1 atom stereocenters. The van der Waals surface area contributed by atoms with Gasteiger partial charge < -0.3 is 5.32 Å². The van der Waals surface area contributed by atoms with Crippen LogP contribution in [0.2, 0.25) is 0 Å². The maximum Gasteiger partial charge on any atom is 0.417 e. The van der Waals surface area contributed by atoms with Gasteiger partial charge in [0.25, 0.3) is 5.91 Å². The van der Waals surface area contributed by atoms with Gasteiger partial charge in [0.05, 0.1) is 28.1 Å². The minimum absolute atomic E-state index is 0.0526. The first-order chi connectivity index (χ1) is 17.0. The zero-order chi connectivity index (χ0) is 26.1. The summed E-state index contributed by atoms with van der Waals surface area (Å²) in [6.07, 6.45) is 0.300. The Labute approximate surface area is 204 Å². The first kappa shape index (κ1) is 25.7. The summed E-state index contributed by atoms with van der Waals surface area (Å²) in [4.78, 5) is 24.7. The number of hydrogen-bond acceptors (Lipinski definition) is 6. The molecule has 0 bridgehead atoms. The van der Waals surface area contributed by atoms with Crippen molar-refractivity contribution in [2.75, 3.05) is 0 Å². The number of nitrogens with zero attached hydrogens (tertiary/aromatic N) is 3. The van der Waals surface area contributed by atoms with Crippen molar-refractivity contribution in [2.24, 2.45) is 0 Å². The summed E-state index contributed by atoms with van der Waals surface area (Å²) in [6.45, 7) is 1.77. The Morgan fingerprint density at radius 1 is 1.14 bits per heavy atom. The average Bonchev–Trinajstić information content (AvgIpc) is 3.68. The zero-order valence-electron chi connectivity index (χ0n) is 19.1. The summed E-state index contributed by atoms with van der Waals surface area (Å²) >= 11 is 0. The fourth-order valence-electron chi connectivity index (χ4n) is 3.66. The van der Waals surface area contributed by atoms with E-state index in [0.29, 0.717) is 31.2 Å². The molecular weight excluding hydrogens is 500 g/mol. The lowest BCUT2D eigenvalue weighted by Crippen LogP contribution is -2.29. The maximum atomic E-state index is 14.8. The number of amides is 1. The van der Waals surface area contributed by atoms with Gasteiger partial charge in [0.15, 0.2) is 9.84 Å². The summed E-state index contributed by atoms with van der Waals surface area (Å²) in [5, 5.41) is 2.32. The lowest BCUT2D eigenvalue weighted by atomic mass is 10.0. The van der Waals surface area contributed by atoms with Crippen molar-refractivity contribution >= 4 is 15.7 Å². The Bertz CT molecular complexity index is 1390. The molecule has 190 valence electrons. The number of carbonyl (C=O) groups is 1. The number of sulfone groups is 1. The van der Waals surface area contributed by atoms with Gasteiger partial charge in [0.1, 0.15) is 17.4 Å². The van der Waals surface area contributed by atoms with Gasteiger partial charge in [0, 0.05) is 24.2 Å². The molecule has 1 aromatic carbocycles. The summed E-state index contributed by atoms with van der Waals surface area (Å²) in [7, 11) is -3.33. The third-order valence-electron chi connectivity index (χ3n) is 5.77. The molecule has 0 spiro atoms. The molecule has 4 rings (SSSR count). The van der Waals surface area contributed by atoms with Crippen molar-refractivity contribution in [2.45, 2.75) is 49.4 Å². The van der Waals surface area contributed by atoms with Gasteiger partial charge in [0.2, 0.25) is 0 Å². The van der Waals surface area contributed by atoms with E-state index in [1.165, 1.54) is 24.5 Å². The molecule has 1 N–H and O–H groups in total. The minimum atomic E-state index is -4.60. The fraction of sp³-hybridized carbons (Fsp3) is 0.333. The Kier molecular flexibility index (Phi) is 7.07. The van der Waals surface area contributed by atoms with Gasteiger partial charge in [-0.3, -0.25) is 9.78 Å². The van der Waals surface area contributed by atoms with Gasteiger partial charge in [-0.05, 0) is 49.1 Å². The van der Waals surface area contributed by atoms with E-state index in [0.717, 1.165) is 12.1 Å². The third-order valence-corrected chi connectivity index (χ3v) is 7.92. The SMILES string of the molecule is CCC(NC(=O)c1ccc(-c2cncc(C(F)(F)F)c2)cc1F)c1ccnc(CS(=O)(=O)C2CC2)n1. The number of benzene rings is 1. The van der Waals surface area contributed by atoms with Crippen LogP contribution in [-0.4, -0.2) is 34.5 Å². The summed E-state index contributed by atoms with van der Waals surface area (Å²) < 4.78 is 78.2. The average molecular weight is 523 g/mol. The second-order valence-corrected chi connectivity index (χ2v) is 10.8. The Morgan fingerprint density at radius 2 is 1.89 bits per heavy atom. The zero-order valence-corrected chi connectivity index (χ0v) is 19.9. The molecule has 7 nitrogen and oxygen atoms in total. The van der Waals surface area contributed by atoms with E-state index >= 15 is 0 Å². The van der Waals surface area contributed by atoms with Crippen LogP contribution in [0.4, 0.5) is 17.6 Å². The van der Waals surface area contributed by atoms with E-state index in [4.69, 9.17) is 0 Å². The van der Waals surface area contributed by atoms with Crippen molar-refractivity contribution in [1.29, 1.82) is 0 Å². The van der Waals surface area contributed by atoms with Crippen LogP contribution in [0.3, 0.4) is 0 Å². The standard InChI is InChI=1S/C24H22F4N4O3S/c1-2-20(21-7-8-30-22(31-21)13-36(34,35)17-4-5-17)32-23(33)18-6-3-14(10-19(18)25)15-9-16(12-29-11-15)24(26,27)28/h3,6-12,17,20H,2,4-5,13H2,1H3,(H,32,33). The summed E-state index contributed by atoms with van der Waals surface area (Å²) in [6, 6.07) is 5.24. The predicted molar refractivity (Wildman–Crippen MR) is 123 cm³/mol. The largest absolute Gasteiger partial charge is 0.417 e. The molecule has 0 saturated heterocycles. The van der Waals surface area contributed by atoms with E-state index in [9.17, 15) is 30.8 Å². The van der Waals surface area contributed by atoms with Crippen molar-refractivity contribution in [3.63, 3.8) is 0 Å². The van der Waals surface area contributed by atoms with Gasteiger partial charge in [-0.1, -0.05) is 13.0 Å². The van der Waals surface area contributed by atoms with E-state index in [-0.39, 0.29) is 33.5 Å². The van der Waals surface area contributed by atoms with Crippen LogP contribution in [0.5, 0.6) is 0 Å². The number of aromatic nitrogens is 3. The second-order valence-electron chi connectivity index (χ2n) is 8.49. The molecule has 2 heterocycles. The molecule has 1 unspecified atom stereocenters. The molecule has 1 saturated carbocycles. The quantitative estimate of drug-likeness (QED) is 0.432. The van der Waals surface area contributed by atoms with Crippen molar-refractivity contribution in [3.05, 3.63) is 77.4 Å². The molecule has 3 aromatic rings. The molecule has 1 aliphatic rings. The summed E-state index contributed by atoms with van der Waals surface area (Å²) in [5.41, 5.74) is -0.706. The smallest absolute Gasteiger partial charge is 0.344 e. The number of nitrogens with one attached hydrogen (secondary N) is 1. The third kappa shape index (κ3) is 5.86. The molecule has 1 aliphatic carbocycles. The second kappa shape index (κ2) is 9.92. The molecule has 2 aromatic heterocycles. The van der Waals surface area contributed by atoms with Crippen LogP contribution < -0.4 is 5.32 Å². The highest BCUT2D eigenvalue weighted by Crippen LogP contribution is 2.32. The normalized spacial score (nSPS) is 14.9. The molecule has 12 heteroatoms. The monoisotopic (exact) mass is 522 g/mol. The number of alkyl halides is 3.